The summed E-state index contributed by atoms with van der Waals surface area (Å²) in [5.41, 5.74) is 0. The Balaban J connectivity index is 2.39. The first-order chi connectivity index (χ1) is 27.5. The van der Waals surface area contributed by atoms with Gasteiger partial charge in [-0.2, -0.15) is 0 Å². The number of unbranched alkanes of at least 4 members (excludes halogenated alkanes) is 25. The molecule has 11 nitrogen and oxygen atoms in total. The van der Waals surface area contributed by atoms with E-state index in [1.54, 1.807) is 0 Å². The van der Waals surface area contributed by atoms with Gasteiger partial charge in [-0.15, -0.1) is 0 Å². The molecular formula is C46H91NO10. The van der Waals surface area contributed by atoms with Gasteiger partial charge in [0, 0.05) is 0 Å². The number of carbonyl (C=O) groups is 1. The third kappa shape index (κ3) is 26.8. The molecule has 0 aromatic rings. The summed E-state index contributed by atoms with van der Waals surface area (Å²) in [6, 6.07) is -1.16. The average Bonchev–Trinajstić information content (AvgIpc) is 3.20. The molecule has 0 aliphatic carbocycles. The third-order valence-electron chi connectivity index (χ3n) is 11.8. The second-order valence-corrected chi connectivity index (χ2v) is 17.7. The summed E-state index contributed by atoms with van der Waals surface area (Å²) in [6.07, 6.45) is 23.1. The van der Waals surface area contributed by atoms with Gasteiger partial charge in [0.2, 0.25) is 5.91 Å². The van der Waals surface area contributed by atoms with E-state index in [-0.39, 0.29) is 6.42 Å². The molecule has 0 spiro atoms. The molecule has 0 bridgehead atoms. The molecule has 1 fully saturated rings. The van der Waals surface area contributed by atoms with Gasteiger partial charge in [0.1, 0.15) is 36.6 Å². The number of aliphatic hydroxyl groups is 7. The minimum Gasteiger partial charge on any atom is -0.394 e. The number of rotatable bonds is 39. The third-order valence-corrected chi connectivity index (χ3v) is 11.8. The zero-order chi connectivity index (χ0) is 42.1. The first-order valence-electron chi connectivity index (χ1n) is 23.8. The Kier molecular flexibility index (Phi) is 34.0. The van der Waals surface area contributed by atoms with Gasteiger partial charge in [0.15, 0.2) is 6.29 Å². The minimum absolute atomic E-state index is 0.265. The van der Waals surface area contributed by atoms with Crippen molar-refractivity contribution >= 4 is 5.91 Å². The van der Waals surface area contributed by atoms with Gasteiger partial charge in [0.25, 0.3) is 0 Å². The lowest BCUT2D eigenvalue weighted by Gasteiger charge is -2.40. The molecule has 57 heavy (non-hydrogen) atoms. The second-order valence-electron chi connectivity index (χ2n) is 17.7. The van der Waals surface area contributed by atoms with Gasteiger partial charge in [-0.25, -0.2) is 0 Å². The van der Waals surface area contributed by atoms with Crippen molar-refractivity contribution in [1.29, 1.82) is 0 Å². The summed E-state index contributed by atoms with van der Waals surface area (Å²) in [6.45, 7) is 5.72. The predicted molar refractivity (Wildman–Crippen MR) is 229 cm³/mol. The zero-order valence-corrected chi connectivity index (χ0v) is 36.8. The maximum Gasteiger partial charge on any atom is 0.249 e. The van der Waals surface area contributed by atoms with E-state index in [1.165, 1.54) is 128 Å². The lowest BCUT2D eigenvalue weighted by atomic mass is 9.98. The molecule has 1 saturated heterocycles. The molecule has 1 rings (SSSR count). The fraction of sp³-hybridized carbons (Fsp3) is 0.978. The van der Waals surface area contributed by atoms with Gasteiger partial charge in [-0.3, -0.25) is 4.79 Å². The fourth-order valence-electron chi connectivity index (χ4n) is 7.86. The number of amides is 1. The molecule has 9 atom stereocenters. The van der Waals surface area contributed by atoms with Gasteiger partial charge >= 0.3 is 0 Å². The Bertz CT molecular complexity index is 910. The number of carbonyl (C=O) groups excluding carboxylic acids is 1. The summed E-state index contributed by atoms with van der Waals surface area (Å²) in [5, 5.41) is 75.6. The Morgan fingerprint density at radius 2 is 0.982 bits per heavy atom. The first-order valence-corrected chi connectivity index (χ1v) is 23.8. The van der Waals surface area contributed by atoms with E-state index in [4.69, 9.17) is 9.47 Å². The van der Waals surface area contributed by atoms with Gasteiger partial charge in [-0.1, -0.05) is 201 Å². The average molecular weight is 818 g/mol. The molecule has 340 valence electrons. The Morgan fingerprint density at radius 3 is 1.40 bits per heavy atom. The van der Waals surface area contributed by atoms with E-state index in [0.717, 1.165) is 44.4 Å². The van der Waals surface area contributed by atoms with Crippen molar-refractivity contribution in [3.05, 3.63) is 0 Å². The molecule has 1 heterocycles. The Hall–Kier alpha value is -0.890. The molecule has 8 N–H and O–H groups in total. The number of hydrogen-bond acceptors (Lipinski definition) is 10. The van der Waals surface area contributed by atoms with Crippen LogP contribution in [0.4, 0.5) is 0 Å². The van der Waals surface area contributed by atoms with Gasteiger partial charge in [-0.05, 0) is 18.8 Å². The predicted octanol–water partition coefficient (Wildman–Crippen LogP) is 7.75. The van der Waals surface area contributed by atoms with Crippen LogP contribution in [-0.2, 0) is 14.3 Å². The molecule has 1 aliphatic heterocycles. The summed E-state index contributed by atoms with van der Waals surface area (Å²) >= 11 is 0. The van der Waals surface area contributed by atoms with E-state index in [1.807, 2.05) is 0 Å². The minimum atomic E-state index is -1.66. The number of aliphatic hydroxyl groups excluding tert-OH is 7. The van der Waals surface area contributed by atoms with Crippen LogP contribution in [0.15, 0.2) is 0 Å². The first kappa shape index (κ1) is 54.1. The molecular weight excluding hydrogens is 727 g/mol. The lowest BCUT2D eigenvalue weighted by Crippen LogP contribution is -2.60. The van der Waals surface area contributed by atoms with Crippen molar-refractivity contribution in [1.82, 2.24) is 5.32 Å². The van der Waals surface area contributed by atoms with Crippen molar-refractivity contribution in [2.45, 2.75) is 268 Å². The fourth-order valence-corrected chi connectivity index (χ4v) is 7.86. The summed E-state index contributed by atoms with van der Waals surface area (Å²) < 4.78 is 11.1. The quantitative estimate of drug-likeness (QED) is 0.0285. The van der Waals surface area contributed by atoms with Crippen molar-refractivity contribution < 1.29 is 50.0 Å². The monoisotopic (exact) mass is 818 g/mol. The van der Waals surface area contributed by atoms with Crippen molar-refractivity contribution in [3.8, 4) is 0 Å². The molecule has 1 amide bonds. The molecule has 0 aromatic carbocycles. The van der Waals surface area contributed by atoms with Gasteiger partial charge < -0.3 is 50.5 Å². The standard InChI is InChI=1S/C46H91NO10/c1-4-5-6-7-8-9-10-11-12-13-14-15-16-17-18-19-24-27-30-33-39(50)45(55)47-37(35-56-46-44(54)43(53)42(52)40(34-48)57-46)41(51)38(49)32-29-26-23-21-20-22-25-28-31-36(2)3/h36-44,46,48-54H,4-35H2,1-3H3,(H,47,55)/t37-,38+,39?,40+,41-,42+,43-,44+,46+/m0/s1. The number of hydrogen-bond donors (Lipinski definition) is 8. The highest BCUT2D eigenvalue weighted by Gasteiger charge is 2.44. The summed E-state index contributed by atoms with van der Waals surface area (Å²) in [4.78, 5) is 13.1. The maximum absolute atomic E-state index is 13.1. The smallest absolute Gasteiger partial charge is 0.249 e. The van der Waals surface area contributed by atoms with Crippen LogP contribution in [0.2, 0.25) is 0 Å². The van der Waals surface area contributed by atoms with Gasteiger partial charge in [0.05, 0.1) is 25.4 Å². The van der Waals surface area contributed by atoms with E-state index in [0.29, 0.717) is 19.3 Å². The molecule has 11 heteroatoms. The van der Waals surface area contributed by atoms with Crippen LogP contribution in [0.5, 0.6) is 0 Å². The van der Waals surface area contributed by atoms with Crippen LogP contribution in [0.3, 0.4) is 0 Å². The van der Waals surface area contributed by atoms with Crippen LogP contribution in [0.1, 0.15) is 213 Å². The van der Waals surface area contributed by atoms with E-state index in [2.05, 4.69) is 26.1 Å². The lowest BCUT2D eigenvalue weighted by molar-refractivity contribution is -0.303. The van der Waals surface area contributed by atoms with E-state index in [9.17, 15) is 40.5 Å². The topological polar surface area (TPSA) is 189 Å². The Labute approximate surface area is 348 Å². The number of nitrogens with one attached hydrogen (secondary N) is 1. The van der Waals surface area contributed by atoms with Crippen molar-refractivity contribution in [3.63, 3.8) is 0 Å². The van der Waals surface area contributed by atoms with Crippen molar-refractivity contribution in [2.24, 2.45) is 5.92 Å². The summed E-state index contributed by atoms with van der Waals surface area (Å²) in [7, 11) is 0. The second kappa shape index (κ2) is 35.8. The number of ether oxygens (including phenoxy) is 2. The van der Waals surface area contributed by atoms with Crippen LogP contribution in [0, 0.1) is 5.92 Å². The highest BCUT2D eigenvalue weighted by Crippen LogP contribution is 2.23. The summed E-state index contributed by atoms with van der Waals surface area (Å²) in [5.74, 6) is 0.0525. The van der Waals surface area contributed by atoms with Crippen LogP contribution >= 0.6 is 0 Å². The van der Waals surface area contributed by atoms with Crippen LogP contribution < -0.4 is 5.32 Å². The van der Waals surface area contributed by atoms with Crippen LogP contribution in [0.25, 0.3) is 0 Å². The van der Waals surface area contributed by atoms with Crippen LogP contribution in [-0.4, -0.2) is 110 Å². The normalized spacial score (nSPS) is 22.1. The van der Waals surface area contributed by atoms with E-state index >= 15 is 0 Å². The highest BCUT2D eigenvalue weighted by molar-refractivity contribution is 5.80. The highest BCUT2D eigenvalue weighted by atomic mass is 16.7. The molecule has 1 unspecified atom stereocenters. The molecule has 1 aliphatic rings. The maximum atomic E-state index is 13.1. The largest absolute Gasteiger partial charge is 0.394 e. The zero-order valence-electron chi connectivity index (χ0n) is 36.8. The van der Waals surface area contributed by atoms with Crippen molar-refractivity contribution in [2.75, 3.05) is 13.2 Å². The molecule has 0 saturated carbocycles. The van der Waals surface area contributed by atoms with E-state index < -0.39 is 74.2 Å². The molecule has 0 aromatic heterocycles. The SMILES string of the molecule is CCCCCCCCCCCCCCCCCCCCCC(O)C(=O)N[C@@H](CO[C@@H]1O[C@H](CO)[C@@H](O)[C@H](O)[C@H]1O)[C@H](O)[C@H](O)CCCCCCCCCCC(C)C. The Morgan fingerprint density at radius 1 is 0.579 bits per heavy atom. The molecule has 0 radical (unpaired) electrons.